The van der Waals surface area contributed by atoms with Crippen molar-refractivity contribution in [2.75, 3.05) is 26.2 Å². The third-order valence-corrected chi connectivity index (χ3v) is 5.00. The lowest BCUT2D eigenvalue weighted by atomic mass is 10.2. The van der Waals surface area contributed by atoms with Crippen molar-refractivity contribution in [1.82, 2.24) is 19.8 Å². The first-order chi connectivity index (χ1) is 11.7. The topological polar surface area (TPSA) is 61.5 Å². The Hall–Kier alpha value is -1.92. The van der Waals surface area contributed by atoms with E-state index in [0.29, 0.717) is 0 Å². The number of aromatic nitrogens is 2. The van der Waals surface area contributed by atoms with Gasteiger partial charge in [0.15, 0.2) is 0 Å². The van der Waals surface area contributed by atoms with Crippen molar-refractivity contribution in [2.45, 2.75) is 38.5 Å². The SMILES string of the molecule is CC1CCC(C(=O)N2CCN(Cc3nc4ccccc4[nH]3)CC2)O1. The van der Waals surface area contributed by atoms with Gasteiger partial charge in [0.1, 0.15) is 11.9 Å². The van der Waals surface area contributed by atoms with Gasteiger partial charge in [0.05, 0.1) is 23.7 Å². The van der Waals surface area contributed by atoms with Gasteiger partial charge in [0, 0.05) is 26.2 Å². The molecular formula is C18H24N4O2. The van der Waals surface area contributed by atoms with Gasteiger partial charge >= 0.3 is 0 Å². The molecule has 2 fully saturated rings. The van der Waals surface area contributed by atoms with Crippen LogP contribution in [0.15, 0.2) is 24.3 Å². The number of hydrogen-bond donors (Lipinski definition) is 1. The van der Waals surface area contributed by atoms with Crippen LogP contribution in [0.3, 0.4) is 0 Å². The van der Waals surface area contributed by atoms with Gasteiger partial charge in [-0.25, -0.2) is 4.98 Å². The maximum Gasteiger partial charge on any atom is 0.251 e. The Morgan fingerprint density at radius 2 is 2.04 bits per heavy atom. The van der Waals surface area contributed by atoms with Crippen molar-refractivity contribution in [3.63, 3.8) is 0 Å². The molecule has 0 spiro atoms. The van der Waals surface area contributed by atoms with Crippen molar-refractivity contribution in [1.29, 1.82) is 0 Å². The summed E-state index contributed by atoms with van der Waals surface area (Å²) in [6.45, 7) is 6.14. The average Bonchev–Trinajstić information content (AvgIpc) is 3.20. The van der Waals surface area contributed by atoms with Crippen LogP contribution < -0.4 is 0 Å². The molecule has 0 aliphatic carbocycles. The molecule has 6 heteroatoms. The minimum atomic E-state index is -0.220. The highest BCUT2D eigenvalue weighted by Crippen LogP contribution is 2.21. The number of aromatic amines is 1. The number of H-pyrrole nitrogens is 1. The van der Waals surface area contributed by atoms with Crippen LogP contribution in [0.1, 0.15) is 25.6 Å². The molecule has 24 heavy (non-hydrogen) atoms. The van der Waals surface area contributed by atoms with E-state index in [9.17, 15) is 4.79 Å². The van der Waals surface area contributed by atoms with Gasteiger partial charge in [-0.1, -0.05) is 12.1 Å². The number of carbonyl (C=O) groups excluding carboxylic acids is 1. The number of rotatable bonds is 3. The summed E-state index contributed by atoms with van der Waals surface area (Å²) in [5, 5.41) is 0. The van der Waals surface area contributed by atoms with Crippen molar-refractivity contribution >= 4 is 16.9 Å². The first kappa shape index (κ1) is 15.6. The van der Waals surface area contributed by atoms with E-state index < -0.39 is 0 Å². The number of ether oxygens (including phenoxy) is 1. The van der Waals surface area contributed by atoms with Crippen LogP contribution in [-0.4, -0.2) is 64.1 Å². The summed E-state index contributed by atoms with van der Waals surface area (Å²) < 4.78 is 5.71. The average molecular weight is 328 g/mol. The van der Waals surface area contributed by atoms with Gasteiger partial charge in [0.2, 0.25) is 0 Å². The summed E-state index contributed by atoms with van der Waals surface area (Å²) in [6, 6.07) is 8.09. The van der Waals surface area contributed by atoms with Crippen LogP contribution in [-0.2, 0) is 16.1 Å². The van der Waals surface area contributed by atoms with Gasteiger partial charge in [0.25, 0.3) is 5.91 Å². The van der Waals surface area contributed by atoms with E-state index in [2.05, 4.69) is 14.9 Å². The summed E-state index contributed by atoms with van der Waals surface area (Å²) in [5.41, 5.74) is 2.09. The van der Waals surface area contributed by atoms with Crippen LogP contribution in [0, 0.1) is 0 Å². The predicted molar refractivity (Wildman–Crippen MR) is 91.5 cm³/mol. The fourth-order valence-corrected chi connectivity index (χ4v) is 3.61. The van der Waals surface area contributed by atoms with Crippen LogP contribution >= 0.6 is 0 Å². The van der Waals surface area contributed by atoms with E-state index >= 15 is 0 Å². The quantitative estimate of drug-likeness (QED) is 0.933. The predicted octanol–water partition coefficient (Wildman–Crippen LogP) is 1.77. The van der Waals surface area contributed by atoms with Crippen LogP contribution in [0.5, 0.6) is 0 Å². The Morgan fingerprint density at radius 3 is 2.75 bits per heavy atom. The summed E-state index contributed by atoms with van der Waals surface area (Å²) in [6.07, 6.45) is 1.84. The number of fused-ring (bicyclic) bond motifs is 1. The second-order valence-corrected chi connectivity index (χ2v) is 6.81. The van der Waals surface area contributed by atoms with Crippen molar-refractivity contribution in [3.05, 3.63) is 30.1 Å². The maximum absolute atomic E-state index is 12.5. The number of piperazine rings is 1. The molecule has 4 rings (SSSR count). The van der Waals surface area contributed by atoms with E-state index in [0.717, 1.165) is 62.4 Å². The minimum absolute atomic E-state index is 0.169. The Bertz CT molecular complexity index is 688. The zero-order chi connectivity index (χ0) is 16.5. The summed E-state index contributed by atoms with van der Waals surface area (Å²) in [7, 11) is 0. The molecule has 2 aliphatic heterocycles. The molecule has 2 aliphatic rings. The molecule has 1 N–H and O–H groups in total. The summed E-state index contributed by atoms with van der Waals surface area (Å²) >= 11 is 0. The second kappa shape index (κ2) is 6.53. The van der Waals surface area contributed by atoms with Crippen LogP contribution in [0.4, 0.5) is 0 Å². The molecule has 6 nitrogen and oxygen atoms in total. The largest absolute Gasteiger partial charge is 0.365 e. The number of benzene rings is 1. The first-order valence-electron chi connectivity index (χ1n) is 8.79. The maximum atomic E-state index is 12.5. The molecule has 2 aromatic rings. The van der Waals surface area contributed by atoms with Gasteiger partial charge in [-0.05, 0) is 31.9 Å². The van der Waals surface area contributed by atoms with Gasteiger partial charge in [-0.15, -0.1) is 0 Å². The number of imidazole rings is 1. The molecule has 1 aromatic carbocycles. The fraction of sp³-hybridized carbons (Fsp3) is 0.556. The Morgan fingerprint density at radius 1 is 1.25 bits per heavy atom. The van der Waals surface area contributed by atoms with Crippen molar-refractivity contribution in [3.8, 4) is 0 Å². The molecule has 1 amide bonds. The minimum Gasteiger partial charge on any atom is -0.365 e. The second-order valence-electron chi connectivity index (χ2n) is 6.81. The number of amides is 1. The number of nitrogens with one attached hydrogen (secondary N) is 1. The van der Waals surface area contributed by atoms with Crippen LogP contribution in [0.25, 0.3) is 11.0 Å². The Balaban J connectivity index is 1.32. The molecule has 0 radical (unpaired) electrons. The molecule has 0 bridgehead atoms. The Labute approximate surface area is 141 Å². The molecule has 2 saturated heterocycles. The molecule has 3 heterocycles. The number of nitrogens with zero attached hydrogens (tertiary/aromatic N) is 3. The molecule has 0 saturated carbocycles. The lowest BCUT2D eigenvalue weighted by Gasteiger charge is -2.35. The van der Waals surface area contributed by atoms with Gasteiger partial charge in [-0.3, -0.25) is 9.69 Å². The Kier molecular flexibility index (Phi) is 4.24. The lowest BCUT2D eigenvalue weighted by Crippen LogP contribution is -2.51. The highest BCUT2D eigenvalue weighted by Gasteiger charge is 2.33. The third kappa shape index (κ3) is 3.16. The fourth-order valence-electron chi connectivity index (χ4n) is 3.61. The number of para-hydroxylation sites is 2. The third-order valence-electron chi connectivity index (χ3n) is 5.00. The first-order valence-corrected chi connectivity index (χ1v) is 8.79. The molecule has 128 valence electrons. The monoisotopic (exact) mass is 328 g/mol. The van der Waals surface area contributed by atoms with Crippen molar-refractivity contribution < 1.29 is 9.53 Å². The molecule has 2 unspecified atom stereocenters. The van der Waals surface area contributed by atoms with E-state index in [1.54, 1.807) is 0 Å². The zero-order valence-corrected chi connectivity index (χ0v) is 14.1. The smallest absolute Gasteiger partial charge is 0.251 e. The zero-order valence-electron chi connectivity index (χ0n) is 14.1. The summed E-state index contributed by atoms with van der Waals surface area (Å²) in [5.74, 6) is 1.16. The lowest BCUT2D eigenvalue weighted by molar-refractivity contribution is -0.144. The summed E-state index contributed by atoms with van der Waals surface area (Å²) in [4.78, 5) is 24.8. The van der Waals surface area contributed by atoms with E-state index in [4.69, 9.17) is 4.74 Å². The van der Waals surface area contributed by atoms with Gasteiger partial charge in [-0.2, -0.15) is 0 Å². The van der Waals surface area contributed by atoms with Gasteiger partial charge < -0.3 is 14.6 Å². The standard InChI is InChI=1S/C18H24N4O2/c1-13-6-7-16(24-13)18(23)22-10-8-21(9-11-22)12-17-19-14-4-2-3-5-15(14)20-17/h2-5,13,16H,6-12H2,1H3,(H,19,20). The molecule has 1 aromatic heterocycles. The van der Waals surface area contributed by atoms with E-state index in [1.807, 2.05) is 36.1 Å². The molecular weight excluding hydrogens is 304 g/mol. The normalized spacial score (nSPS) is 25.5. The number of carbonyl (C=O) groups is 1. The van der Waals surface area contributed by atoms with E-state index in [1.165, 1.54) is 0 Å². The van der Waals surface area contributed by atoms with E-state index in [-0.39, 0.29) is 18.1 Å². The van der Waals surface area contributed by atoms with Crippen molar-refractivity contribution in [2.24, 2.45) is 0 Å². The highest BCUT2D eigenvalue weighted by molar-refractivity contribution is 5.81. The van der Waals surface area contributed by atoms with Crippen LogP contribution in [0.2, 0.25) is 0 Å². The number of hydrogen-bond acceptors (Lipinski definition) is 4. The highest BCUT2D eigenvalue weighted by atomic mass is 16.5. The molecule has 2 atom stereocenters.